The van der Waals surface area contributed by atoms with E-state index >= 15 is 0 Å². The van der Waals surface area contributed by atoms with Crippen molar-refractivity contribution < 1.29 is 0 Å². The van der Waals surface area contributed by atoms with E-state index in [0.29, 0.717) is 17.3 Å². The number of anilines is 2. The Balaban J connectivity index is 1.80. The third-order valence-electron chi connectivity index (χ3n) is 3.07. The Morgan fingerprint density at radius 2 is 2.19 bits per heavy atom. The van der Waals surface area contributed by atoms with Crippen molar-refractivity contribution in [2.24, 2.45) is 0 Å². The largest absolute Gasteiger partial charge is 0.393 e. The summed E-state index contributed by atoms with van der Waals surface area (Å²) in [6.07, 6.45) is 7.66. The molecule has 0 radical (unpaired) electrons. The zero-order valence-electron chi connectivity index (χ0n) is 11.5. The smallest absolute Gasteiger partial charge is 0.181 e. The van der Waals surface area contributed by atoms with E-state index in [-0.39, 0.29) is 0 Å². The van der Waals surface area contributed by atoms with Gasteiger partial charge in [-0.3, -0.25) is 0 Å². The number of thiazole rings is 1. The van der Waals surface area contributed by atoms with Gasteiger partial charge in [0, 0.05) is 44.0 Å². The molecule has 0 aliphatic carbocycles. The molecular formula is C13H15N7S. The fourth-order valence-electron chi connectivity index (χ4n) is 2.00. The summed E-state index contributed by atoms with van der Waals surface area (Å²) >= 11 is 1.65. The van der Waals surface area contributed by atoms with E-state index in [9.17, 15) is 0 Å². The molecule has 3 heterocycles. The Kier molecular flexibility index (Phi) is 3.78. The molecule has 0 atom stereocenters. The fourth-order valence-corrected chi connectivity index (χ4v) is 2.61. The summed E-state index contributed by atoms with van der Waals surface area (Å²) in [6.45, 7) is 0.785. The zero-order chi connectivity index (χ0) is 14.7. The monoisotopic (exact) mass is 301 g/mol. The van der Waals surface area contributed by atoms with Crippen LogP contribution in [-0.2, 0) is 6.42 Å². The predicted octanol–water partition coefficient (Wildman–Crippen LogP) is 1.38. The van der Waals surface area contributed by atoms with E-state index < -0.39 is 0 Å². The molecule has 3 aromatic rings. The molecule has 0 unspecified atom stereocenters. The van der Waals surface area contributed by atoms with E-state index in [1.54, 1.807) is 28.4 Å². The molecule has 0 fully saturated rings. The van der Waals surface area contributed by atoms with Crippen molar-refractivity contribution in [1.29, 1.82) is 0 Å². The molecule has 0 bridgehead atoms. The Labute approximate surface area is 126 Å². The number of aromatic nitrogens is 5. The number of nitrogens with two attached hydrogens (primary N) is 1. The van der Waals surface area contributed by atoms with Gasteiger partial charge in [0.05, 0.1) is 5.01 Å². The van der Waals surface area contributed by atoms with Crippen LogP contribution in [-0.4, -0.2) is 38.3 Å². The van der Waals surface area contributed by atoms with Crippen molar-refractivity contribution in [1.82, 2.24) is 24.7 Å². The summed E-state index contributed by atoms with van der Waals surface area (Å²) in [5.41, 5.74) is 6.70. The van der Waals surface area contributed by atoms with Crippen molar-refractivity contribution in [3.05, 3.63) is 41.4 Å². The van der Waals surface area contributed by atoms with Gasteiger partial charge in [-0.25, -0.2) is 19.6 Å². The minimum absolute atomic E-state index is 0.517. The maximum Gasteiger partial charge on any atom is 0.181 e. The lowest BCUT2D eigenvalue weighted by molar-refractivity contribution is 0.822. The first-order valence-corrected chi connectivity index (χ1v) is 7.33. The van der Waals surface area contributed by atoms with E-state index in [4.69, 9.17) is 5.73 Å². The molecule has 0 saturated carbocycles. The highest BCUT2D eigenvalue weighted by Crippen LogP contribution is 2.23. The normalized spacial score (nSPS) is 10.7. The van der Waals surface area contributed by atoms with E-state index in [2.05, 4.69) is 20.1 Å². The molecule has 0 aliphatic heterocycles. The quantitative estimate of drug-likeness (QED) is 0.766. The van der Waals surface area contributed by atoms with Gasteiger partial charge in [0.2, 0.25) is 0 Å². The summed E-state index contributed by atoms with van der Waals surface area (Å²) in [5.74, 6) is 1.29. The molecule has 8 heteroatoms. The van der Waals surface area contributed by atoms with Crippen LogP contribution in [0.2, 0.25) is 0 Å². The van der Waals surface area contributed by atoms with Gasteiger partial charge in [-0.1, -0.05) is 0 Å². The molecule has 3 rings (SSSR count). The molecule has 0 spiro atoms. The Morgan fingerprint density at radius 1 is 1.29 bits per heavy atom. The summed E-state index contributed by atoms with van der Waals surface area (Å²) in [4.78, 5) is 14.8. The van der Waals surface area contributed by atoms with Crippen LogP contribution < -0.4 is 10.6 Å². The van der Waals surface area contributed by atoms with Crippen molar-refractivity contribution in [3.8, 4) is 5.82 Å². The highest BCUT2D eigenvalue weighted by Gasteiger charge is 2.13. The molecule has 0 aromatic carbocycles. The van der Waals surface area contributed by atoms with Gasteiger partial charge in [0.15, 0.2) is 11.6 Å². The van der Waals surface area contributed by atoms with Crippen molar-refractivity contribution in [2.45, 2.75) is 6.42 Å². The topological polar surface area (TPSA) is 85.8 Å². The molecule has 0 aliphatic rings. The molecule has 7 nitrogen and oxygen atoms in total. The van der Waals surface area contributed by atoms with Gasteiger partial charge in [-0.15, -0.1) is 11.3 Å². The van der Waals surface area contributed by atoms with Gasteiger partial charge < -0.3 is 10.6 Å². The minimum Gasteiger partial charge on any atom is -0.393 e. The van der Waals surface area contributed by atoms with Gasteiger partial charge in [0.1, 0.15) is 12.0 Å². The fraction of sp³-hybridized carbons (Fsp3) is 0.231. The molecule has 3 aromatic heterocycles. The maximum absolute atomic E-state index is 6.18. The molecule has 0 amide bonds. The number of hydrogen-bond acceptors (Lipinski definition) is 7. The maximum atomic E-state index is 6.18. The lowest BCUT2D eigenvalue weighted by Crippen LogP contribution is -2.23. The lowest BCUT2D eigenvalue weighted by atomic mass is 10.3. The standard InChI is InChI=1S/C13H15N7S/c1-19(7-3-10-15-5-8-21-10)12-11(14)13(17-9-16-12)20-6-2-4-18-20/h2,4-6,8-9H,3,7,14H2,1H3. The van der Waals surface area contributed by atoms with Crippen LogP contribution in [0.1, 0.15) is 5.01 Å². The second kappa shape index (κ2) is 5.88. The molecule has 2 N–H and O–H groups in total. The van der Waals surface area contributed by atoms with Gasteiger partial charge in [-0.05, 0) is 6.07 Å². The van der Waals surface area contributed by atoms with Crippen LogP contribution in [0.3, 0.4) is 0 Å². The predicted molar refractivity (Wildman–Crippen MR) is 82.7 cm³/mol. The summed E-state index contributed by atoms with van der Waals surface area (Å²) in [7, 11) is 1.96. The van der Waals surface area contributed by atoms with Gasteiger partial charge in [-0.2, -0.15) is 5.10 Å². The Bertz CT molecular complexity index is 693. The minimum atomic E-state index is 0.517. The third kappa shape index (κ3) is 2.84. The average molecular weight is 301 g/mol. The molecule has 108 valence electrons. The summed E-state index contributed by atoms with van der Waals surface area (Å²) in [6, 6.07) is 1.83. The number of hydrogen-bond donors (Lipinski definition) is 1. The molecule has 0 saturated heterocycles. The highest BCUT2D eigenvalue weighted by molar-refractivity contribution is 7.09. The van der Waals surface area contributed by atoms with E-state index in [1.165, 1.54) is 6.33 Å². The number of likely N-dealkylation sites (N-methyl/N-ethyl adjacent to an activating group) is 1. The number of nitrogen functional groups attached to an aromatic ring is 1. The first kappa shape index (κ1) is 13.5. The average Bonchev–Trinajstić information content (AvgIpc) is 3.18. The SMILES string of the molecule is CN(CCc1nccs1)c1ncnc(-n2cccn2)c1N. The van der Waals surface area contributed by atoms with Crippen LogP contribution in [0, 0.1) is 0 Å². The van der Waals surface area contributed by atoms with Crippen LogP contribution >= 0.6 is 11.3 Å². The lowest BCUT2D eigenvalue weighted by Gasteiger charge is -2.20. The number of nitrogens with zero attached hydrogens (tertiary/aromatic N) is 6. The van der Waals surface area contributed by atoms with E-state index in [0.717, 1.165) is 18.0 Å². The van der Waals surface area contributed by atoms with Crippen molar-refractivity contribution in [3.63, 3.8) is 0 Å². The van der Waals surface area contributed by atoms with Crippen molar-refractivity contribution >= 4 is 22.8 Å². The first-order valence-electron chi connectivity index (χ1n) is 6.45. The van der Waals surface area contributed by atoms with Crippen LogP contribution in [0.5, 0.6) is 0 Å². The Hall–Kier alpha value is -2.48. The summed E-state index contributed by atoms with van der Waals surface area (Å²) < 4.78 is 1.63. The summed E-state index contributed by atoms with van der Waals surface area (Å²) in [5, 5.41) is 7.23. The second-order valence-corrected chi connectivity index (χ2v) is 5.46. The van der Waals surface area contributed by atoms with Gasteiger partial charge >= 0.3 is 0 Å². The zero-order valence-corrected chi connectivity index (χ0v) is 12.4. The van der Waals surface area contributed by atoms with Crippen LogP contribution in [0.25, 0.3) is 5.82 Å². The van der Waals surface area contributed by atoms with Crippen molar-refractivity contribution in [2.75, 3.05) is 24.2 Å². The third-order valence-corrected chi connectivity index (χ3v) is 3.91. The van der Waals surface area contributed by atoms with Crippen LogP contribution in [0.15, 0.2) is 36.4 Å². The number of rotatable bonds is 5. The second-order valence-electron chi connectivity index (χ2n) is 4.48. The molecular weight excluding hydrogens is 286 g/mol. The Morgan fingerprint density at radius 3 is 2.90 bits per heavy atom. The van der Waals surface area contributed by atoms with E-state index in [1.807, 2.05) is 29.6 Å². The van der Waals surface area contributed by atoms with Gasteiger partial charge in [0.25, 0.3) is 0 Å². The highest BCUT2D eigenvalue weighted by atomic mass is 32.1. The van der Waals surface area contributed by atoms with Crippen LogP contribution in [0.4, 0.5) is 11.5 Å². The first-order chi connectivity index (χ1) is 10.3. The molecule has 21 heavy (non-hydrogen) atoms.